The predicted molar refractivity (Wildman–Crippen MR) is 79.2 cm³/mol. The first-order valence-electron chi connectivity index (χ1n) is 7.68. The van der Waals surface area contributed by atoms with Crippen molar-refractivity contribution in [3.8, 4) is 0 Å². The van der Waals surface area contributed by atoms with Crippen LogP contribution in [0.3, 0.4) is 0 Å². The van der Waals surface area contributed by atoms with Gasteiger partial charge in [-0.15, -0.1) is 0 Å². The number of hydrogen-bond acceptors (Lipinski definition) is 5. The van der Waals surface area contributed by atoms with Gasteiger partial charge in [-0.05, 0) is 24.0 Å². The number of nitrogens with zero attached hydrogens (tertiary/aromatic N) is 3. The minimum absolute atomic E-state index is 0.00157. The summed E-state index contributed by atoms with van der Waals surface area (Å²) >= 11 is 0. The third-order valence-electron chi connectivity index (χ3n) is 4.54. The Bertz CT molecular complexity index is 800. The van der Waals surface area contributed by atoms with Gasteiger partial charge in [0.25, 0.3) is 5.91 Å². The lowest BCUT2D eigenvalue weighted by molar-refractivity contribution is -0.132. The van der Waals surface area contributed by atoms with Crippen LogP contribution in [0.2, 0.25) is 0 Å². The van der Waals surface area contributed by atoms with Crippen LogP contribution in [0.4, 0.5) is 4.79 Å². The Hall–Kier alpha value is -2.70. The Kier molecular flexibility index (Phi) is 2.97. The Balaban J connectivity index is 1.65. The number of nitrogens with one attached hydrogen (secondary N) is 1. The van der Waals surface area contributed by atoms with Gasteiger partial charge in [-0.1, -0.05) is 36.3 Å². The minimum Gasteiger partial charge on any atom is -0.337 e. The molecule has 23 heavy (non-hydrogen) atoms. The zero-order valence-corrected chi connectivity index (χ0v) is 12.7. The van der Waals surface area contributed by atoms with Crippen molar-refractivity contribution in [3.05, 3.63) is 47.1 Å². The lowest BCUT2D eigenvalue weighted by Crippen LogP contribution is -2.41. The molecule has 1 aliphatic carbocycles. The minimum atomic E-state index is -0.943. The van der Waals surface area contributed by atoms with Crippen molar-refractivity contribution in [3.63, 3.8) is 0 Å². The van der Waals surface area contributed by atoms with Gasteiger partial charge in [0.1, 0.15) is 12.1 Å². The third-order valence-corrected chi connectivity index (χ3v) is 4.54. The summed E-state index contributed by atoms with van der Waals surface area (Å²) in [6.07, 6.45) is 2.00. The zero-order valence-electron chi connectivity index (χ0n) is 12.7. The standard InChI is InChI=1S/C16H16N4O3/c1-2-12-17-13(23-19-12)9-20-14(21)16(18-15(20)22)8-7-10-5-3-4-6-11(10)16/h3-6H,2,7-9H2,1H3,(H,18,22). The molecule has 4 rings (SSSR count). The van der Waals surface area contributed by atoms with Crippen molar-refractivity contribution in [1.29, 1.82) is 0 Å². The smallest absolute Gasteiger partial charge is 0.325 e. The second-order valence-corrected chi connectivity index (χ2v) is 5.84. The number of amides is 3. The summed E-state index contributed by atoms with van der Waals surface area (Å²) in [5, 5.41) is 6.67. The normalized spacial score (nSPS) is 22.7. The van der Waals surface area contributed by atoms with Crippen LogP contribution in [0.25, 0.3) is 0 Å². The maximum atomic E-state index is 12.9. The summed E-state index contributed by atoms with van der Waals surface area (Å²) in [5.74, 6) is 0.588. The first kappa shape index (κ1) is 13.9. The van der Waals surface area contributed by atoms with Crippen molar-refractivity contribution in [2.75, 3.05) is 0 Å². The monoisotopic (exact) mass is 312 g/mol. The maximum Gasteiger partial charge on any atom is 0.325 e. The summed E-state index contributed by atoms with van der Waals surface area (Å²) in [6.45, 7) is 1.91. The average molecular weight is 312 g/mol. The number of carbonyl (C=O) groups is 2. The summed E-state index contributed by atoms with van der Waals surface area (Å²) in [6, 6.07) is 7.33. The molecule has 0 saturated carbocycles. The van der Waals surface area contributed by atoms with Crippen LogP contribution in [0, 0.1) is 0 Å². The number of urea groups is 1. The number of hydrogen-bond donors (Lipinski definition) is 1. The highest BCUT2D eigenvalue weighted by atomic mass is 16.5. The van der Waals surface area contributed by atoms with E-state index >= 15 is 0 Å². The quantitative estimate of drug-likeness (QED) is 0.868. The number of fused-ring (bicyclic) bond motifs is 2. The molecule has 1 saturated heterocycles. The fraction of sp³-hybridized carbons (Fsp3) is 0.375. The molecule has 1 unspecified atom stereocenters. The molecule has 1 aromatic heterocycles. The van der Waals surface area contributed by atoms with Gasteiger partial charge in [-0.25, -0.2) is 4.79 Å². The van der Waals surface area contributed by atoms with E-state index in [1.807, 2.05) is 31.2 Å². The first-order valence-corrected chi connectivity index (χ1v) is 7.68. The van der Waals surface area contributed by atoms with Crippen LogP contribution >= 0.6 is 0 Å². The lowest BCUT2D eigenvalue weighted by atomic mass is 9.92. The molecule has 2 aromatic rings. The summed E-state index contributed by atoms with van der Waals surface area (Å²) in [4.78, 5) is 30.6. The molecule has 7 nitrogen and oxygen atoms in total. The summed E-state index contributed by atoms with van der Waals surface area (Å²) < 4.78 is 5.10. The second-order valence-electron chi connectivity index (χ2n) is 5.84. The van der Waals surface area contributed by atoms with Crippen molar-refractivity contribution >= 4 is 11.9 Å². The number of imide groups is 1. The highest BCUT2D eigenvalue weighted by Crippen LogP contribution is 2.41. The lowest BCUT2D eigenvalue weighted by Gasteiger charge is -2.21. The molecule has 3 amide bonds. The molecule has 7 heteroatoms. The summed E-state index contributed by atoms with van der Waals surface area (Å²) in [7, 11) is 0. The van der Waals surface area contributed by atoms with Crippen LogP contribution in [-0.2, 0) is 29.7 Å². The van der Waals surface area contributed by atoms with Gasteiger partial charge in [-0.3, -0.25) is 9.69 Å². The molecule has 118 valence electrons. The zero-order chi connectivity index (χ0) is 16.0. The molecule has 1 aromatic carbocycles. The first-order chi connectivity index (χ1) is 11.1. The van der Waals surface area contributed by atoms with E-state index in [-0.39, 0.29) is 18.3 Å². The van der Waals surface area contributed by atoms with E-state index in [2.05, 4.69) is 15.5 Å². The van der Waals surface area contributed by atoms with Crippen LogP contribution < -0.4 is 5.32 Å². The highest BCUT2D eigenvalue weighted by molar-refractivity contribution is 6.07. The fourth-order valence-corrected chi connectivity index (χ4v) is 3.37. The Morgan fingerprint density at radius 3 is 2.96 bits per heavy atom. The molecule has 1 spiro atoms. The molecule has 0 radical (unpaired) electrons. The van der Waals surface area contributed by atoms with E-state index < -0.39 is 11.6 Å². The number of carbonyl (C=O) groups excluding carboxylic acids is 2. The number of aromatic nitrogens is 2. The Morgan fingerprint density at radius 1 is 1.35 bits per heavy atom. The van der Waals surface area contributed by atoms with Gasteiger partial charge in [0, 0.05) is 6.42 Å². The number of aryl methyl sites for hydroxylation is 2. The summed E-state index contributed by atoms with van der Waals surface area (Å²) in [5.41, 5.74) is 1.05. The SMILES string of the molecule is CCc1noc(CN2C(=O)NC3(CCc4ccccc43)C2=O)n1. The molecular formula is C16H16N4O3. The highest BCUT2D eigenvalue weighted by Gasteiger charge is 2.55. The Morgan fingerprint density at radius 2 is 2.17 bits per heavy atom. The molecular weight excluding hydrogens is 296 g/mol. The topological polar surface area (TPSA) is 88.3 Å². The van der Waals surface area contributed by atoms with Crippen molar-refractivity contribution in [2.24, 2.45) is 0 Å². The van der Waals surface area contributed by atoms with Gasteiger partial charge in [0.05, 0.1) is 0 Å². The van der Waals surface area contributed by atoms with Crippen LogP contribution in [0.5, 0.6) is 0 Å². The van der Waals surface area contributed by atoms with Gasteiger partial charge in [-0.2, -0.15) is 4.98 Å². The Labute approximate surface area is 132 Å². The van der Waals surface area contributed by atoms with Crippen molar-refractivity contribution in [1.82, 2.24) is 20.4 Å². The molecule has 0 bridgehead atoms. The molecule has 1 fully saturated rings. The molecule has 1 atom stereocenters. The average Bonchev–Trinajstić information content (AvgIpc) is 3.23. The molecule has 1 aliphatic heterocycles. The van der Waals surface area contributed by atoms with Crippen LogP contribution in [0.15, 0.2) is 28.8 Å². The largest absolute Gasteiger partial charge is 0.337 e. The van der Waals surface area contributed by atoms with Gasteiger partial charge < -0.3 is 9.84 Å². The van der Waals surface area contributed by atoms with Crippen LogP contribution in [0.1, 0.15) is 36.2 Å². The third kappa shape index (κ3) is 1.96. The van der Waals surface area contributed by atoms with Gasteiger partial charge >= 0.3 is 6.03 Å². The number of benzene rings is 1. The van der Waals surface area contributed by atoms with Crippen molar-refractivity contribution < 1.29 is 14.1 Å². The van der Waals surface area contributed by atoms with E-state index in [9.17, 15) is 9.59 Å². The number of rotatable bonds is 3. The van der Waals surface area contributed by atoms with E-state index in [1.54, 1.807) is 0 Å². The molecule has 2 aliphatic rings. The van der Waals surface area contributed by atoms with E-state index in [0.717, 1.165) is 22.4 Å². The van der Waals surface area contributed by atoms with E-state index in [4.69, 9.17) is 4.52 Å². The second kappa shape index (κ2) is 4.91. The van der Waals surface area contributed by atoms with E-state index in [0.29, 0.717) is 18.7 Å². The van der Waals surface area contributed by atoms with Crippen molar-refractivity contribution in [2.45, 2.75) is 38.3 Å². The van der Waals surface area contributed by atoms with Gasteiger partial charge in [0.15, 0.2) is 5.82 Å². The predicted octanol–water partition coefficient (Wildman–Crippen LogP) is 1.53. The van der Waals surface area contributed by atoms with E-state index in [1.165, 1.54) is 0 Å². The molecule has 2 heterocycles. The van der Waals surface area contributed by atoms with Gasteiger partial charge in [0.2, 0.25) is 5.89 Å². The fourth-order valence-electron chi connectivity index (χ4n) is 3.37. The van der Waals surface area contributed by atoms with Crippen LogP contribution in [-0.4, -0.2) is 27.0 Å². The maximum absolute atomic E-state index is 12.9. The molecule has 1 N–H and O–H groups in total.